The summed E-state index contributed by atoms with van der Waals surface area (Å²) >= 11 is 0. The minimum atomic E-state index is -4.84. The average Bonchev–Trinajstić information content (AvgIpc) is 3.02. The largest absolute Gasteiger partial charge is 0.418 e. The minimum Gasteiger partial charge on any atom is -0.288 e. The lowest BCUT2D eigenvalue weighted by Gasteiger charge is -2.15. The highest BCUT2D eigenvalue weighted by Crippen LogP contribution is 2.32. The predicted octanol–water partition coefficient (Wildman–Crippen LogP) is -0.274. The Balaban J connectivity index is 2.21. The molecule has 0 saturated heterocycles. The summed E-state index contributed by atoms with van der Waals surface area (Å²) in [6.07, 6.45) is -4.84. The van der Waals surface area contributed by atoms with Crippen molar-refractivity contribution in [2.75, 3.05) is 5.32 Å². The zero-order valence-electron chi connectivity index (χ0n) is 14.3. The van der Waals surface area contributed by atoms with Gasteiger partial charge in [0.15, 0.2) is 0 Å². The van der Waals surface area contributed by atoms with E-state index >= 15 is 0 Å². The molecule has 28 heavy (non-hydrogen) atoms. The van der Waals surface area contributed by atoms with Gasteiger partial charge in [0, 0.05) is 14.1 Å². The number of anilines is 1. The fraction of sp³-hybridized carbons (Fsp3) is 0.214. The van der Waals surface area contributed by atoms with Crippen LogP contribution >= 0.6 is 0 Å². The van der Waals surface area contributed by atoms with E-state index in [0.29, 0.717) is 10.7 Å². The van der Waals surface area contributed by atoms with E-state index in [1.807, 2.05) is 0 Å². The number of halogens is 3. The topological polar surface area (TPSA) is 130 Å². The summed E-state index contributed by atoms with van der Waals surface area (Å²) in [5.41, 5.74) is -5.24. The number of nitrogens with one attached hydrogen (secondary N) is 1. The number of rotatable bonds is 3. The van der Waals surface area contributed by atoms with Crippen molar-refractivity contribution in [1.82, 2.24) is 34.6 Å². The van der Waals surface area contributed by atoms with Crippen molar-refractivity contribution in [2.24, 2.45) is 14.1 Å². The predicted molar refractivity (Wildman–Crippen MR) is 86.8 cm³/mol. The smallest absolute Gasteiger partial charge is 0.288 e. The van der Waals surface area contributed by atoms with Gasteiger partial charge in [0.2, 0.25) is 11.6 Å². The van der Waals surface area contributed by atoms with Crippen molar-refractivity contribution >= 4 is 11.9 Å². The third-order valence-corrected chi connectivity index (χ3v) is 3.63. The summed E-state index contributed by atoms with van der Waals surface area (Å²) in [6, 6.07) is 3.99. The van der Waals surface area contributed by atoms with Gasteiger partial charge in [-0.2, -0.15) is 18.3 Å². The fourth-order valence-corrected chi connectivity index (χ4v) is 2.33. The molecule has 0 radical (unpaired) electrons. The molecule has 0 aliphatic heterocycles. The molecule has 3 rings (SSSR count). The normalized spacial score (nSPS) is 11.5. The van der Waals surface area contributed by atoms with Gasteiger partial charge in [-0.1, -0.05) is 17.2 Å². The third kappa shape index (κ3) is 3.26. The number of nitrogens with zero attached hydrogens (tertiary/aromatic N) is 7. The standard InChI is InChI=1S/C14H11F3N8O3/c1-23-12(19-21-22-23)18-10(26)9-11(27)25(13(28)24(2)20-9)8-6-4-3-5-7(8)14(15,16)17/h3-6H,1-2H3,(H,18,19,22,26). The zero-order valence-corrected chi connectivity index (χ0v) is 14.3. The van der Waals surface area contributed by atoms with Crippen molar-refractivity contribution in [1.29, 1.82) is 0 Å². The maximum absolute atomic E-state index is 13.3. The van der Waals surface area contributed by atoms with E-state index in [9.17, 15) is 27.6 Å². The quantitative estimate of drug-likeness (QED) is 0.645. The van der Waals surface area contributed by atoms with E-state index in [2.05, 4.69) is 25.9 Å². The average molecular weight is 396 g/mol. The Kier molecular flexibility index (Phi) is 4.54. The van der Waals surface area contributed by atoms with Gasteiger partial charge in [0.25, 0.3) is 11.5 Å². The van der Waals surface area contributed by atoms with Gasteiger partial charge in [-0.3, -0.25) is 14.9 Å². The molecule has 0 fully saturated rings. The zero-order chi connectivity index (χ0) is 20.6. The van der Waals surface area contributed by atoms with Crippen LogP contribution in [0, 0.1) is 0 Å². The van der Waals surface area contributed by atoms with Gasteiger partial charge in [-0.25, -0.2) is 18.7 Å². The van der Waals surface area contributed by atoms with Crippen molar-refractivity contribution in [3.8, 4) is 5.69 Å². The maximum Gasteiger partial charge on any atom is 0.418 e. The molecule has 0 aliphatic carbocycles. The molecule has 2 aromatic heterocycles. The van der Waals surface area contributed by atoms with E-state index in [-0.39, 0.29) is 10.5 Å². The van der Waals surface area contributed by atoms with Crippen molar-refractivity contribution in [3.05, 3.63) is 56.4 Å². The number of para-hydroxylation sites is 1. The summed E-state index contributed by atoms with van der Waals surface area (Å²) in [5.74, 6) is -1.24. The van der Waals surface area contributed by atoms with E-state index in [4.69, 9.17) is 0 Å². The number of benzene rings is 1. The summed E-state index contributed by atoms with van der Waals surface area (Å²) in [6.45, 7) is 0. The highest BCUT2D eigenvalue weighted by molar-refractivity contribution is 6.01. The van der Waals surface area contributed by atoms with Gasteiger partial charge in [-0.05, 0) is 22.6 Å². The molecule has 1 N–H and O–H groups in total. The summed E-state index contributed by atoms with van der Waals surface area (Å²) in [7, 11) is 2.50. The molecule has 2 heterocycles. The molecule has 14 heteroatoms. The van der Waals surface area contributed by atoms with Crippen LogP contribution in [0.15, 0.2) is 33.9 Å². The Bertz CT molecular complexity index is 1180. The van der Waals surface area contributed by atoms with Crippen LogP contribution in [-0.2, 0) is 20.3 Å². The number of carbonyl (C=O) groups is 1. The first kappa shape index (κ1) is 18.9. The van der Waals surface area contributed by atoms with Gasteiger partial charge >= 0.3 is 11.9 Å². The fourth-order valence-electron chi connectivity index (χ4n) is 2.33. The van der Waals surface area contributed by atoms with Crippen LogP contribution in [0.25, 0.3) is 5.69 Å². The highest BCUT2D eigenvalue weighted by Gasteiger charge is 2.35. The number of tetrazole rings is 1. The lowest BCUT2D eigenvalue weighted by atomic mass is 10.1. The Hall–Kier alpha value is -3.84. The monoisotopic (exact) mass is 396 g/mol. The SMILES string of the molecule is Cn1nnnc1NC(=O)c1nn(C)c(=O)n(-c2ccccc2C(F)(F)F)c1=O. The summed E-state index contributed by atoms with van der Waals surface area (Å²) < 4.78 is 41.8. The highest BCUT2D eigenvalue weighted by atomic mass is 19.4. The lowest BCUT2D eigenvalue weighted by molar-refractivity contribution is -0.137. The van der Waals surface area contributed by atoms with Gasteiger partial charge in [-0.15, -0.1) is 0 Å². The number of alkyl halides is 3. The van der Waals surface area contributed by atoms with Gasteiger partial charge in [0.05, 0.1) is 11.3 Å². The molecule has 3 aromatic rings. The first-order chi connectivity index (χ1) is 13.1. The second-order valence-electron chi connectivity index (χ2n) is 5.49. The molecule has 146 valence electrons. The van der Waals surface area contributed by atoms with Crippen LogP contribution in [0.4, 0.5) is 19.1 Å². The van der Waals surface area contributed by atoms with Crippen LogP contribution in [0.5, 0.6) is 0 Å². The van der Waals surface area contributed by atoms with E-state index < -0.39 is 40.3 Å². The molecule has 1 amide bonds. The summed E-state index contributed by atoms with van der Waals surface area (Å²) in [5, 5.41) is 16.0. The Morgan fingerprint density at radius 3 is 2.39 bits per heavy atom. The Morgan fingerprint density at radius 2 is 1.79 bits per heavy atom. The second-order valence-corrected chi connectivity index (χ2v) is 5.49. The number of amides is 1. The number of aromatic nitrogens is 7. The maximum atomic E-state index is 13.3. The van der Waals surface area contributed by atoms with Crippen LogP contribution in [-0.4, -0.2) is 40.5 Å². The van der Waals surface area contributed by atoms with Gasteiger partial charge < -0.3 is 0 Å². The Morgan fingerprint density at radius 1 is 1.11 bits per heavy atom. The van der Waals surface area contributed by atoms with E-state index in [1.54, 1.807) is 0 Å². The molecule has 0 saturated carbocycles. The minimum absolute atomic E-state index is 0.137. The van der Waals surface area contributed by atoms with Crippen molar-refractivity contribution in [3.63, 3.8) is 0 Å². The van der Waals surface area contributed by atoms with Gasteiger partial charge in [0.1, 0.15) is 0 Å². The molecule has 0 atom stereocenters. The molecular weight excluding hydrogens is 385 g/mol. The van der Waals surface area contributed by atoms with E-state index in [1.165, 1.54) is 13.1 Å². The van der Waals surface area contributed by atoms with Crippen molar-refractivity contribution < 1.29 is 18.0 Å². The van der Waals surface area contributed by atoms with Crippen LogP contribution < -0.4 is 16.6 Å². The molecule has 0 aliphatic rings. The van der Waals surface area contributed by atoms with Crippen LogP contribution in [0.3, 0.4) is 0 Å². The summed E-state index contributed by atoms with van der Waals surface area (Å²) in [4.78, 5) is 37.4. The number of carbonyl (C=O) groups excluding carboxylic acids is 1. The second kappa shape index (κ2) is 6.71. The van der Waals surface area contributed by atoms with Crippen molar-refractivity contribution in [2.45, 2.75) is 6.18 Å². The molecule has 0 unspecified atom stereocenters. The molecule has 11 nitrogen and oxygen atoms in total. The van der Waals surface area contributed by atoms with Crippen LogP contribution in [0.2, 0.25) is 0 Å². The Labute approximate surface area is 153 Å². The molecule has 0 bridgehead atoms. The van der Waals surface area contributed by atoms with Crippen LogP contribution in [0.1, 0.15) is 16.1 Å². The first-order valence-electron chi connectivity index (χ1n) is 7.52. The molecule has 0 spiro atoms. The van der Waals surface area contributed by atoms with E-state index in [0.717, 1.165) is 23.9 Å². The number of aryl methyl sites for hydroxylation is 2. The molecular formula is C14H11F3N8O3. The number of hydrogen-bond donors (Lipinski definition) is 1. The lowest BCUT2D eigenvalue weighted by Crippen LogP contribution is -2.44. The number of hydrogen-bond acceptors (Lipinski definition) is 7. The first-order valence-corrected chi connectivity index (χ1v) is 7.52. The third-order valence-electron chi connectivity index (χ3n) is 3.63. The molecule has 1 aromatic carbocycles.